The van der Waals surface area contributed by atoms with Gasteiger partial charge in [0.15, 0.2) is 0 Å². The number of carbonyl (C=O) groups is 2. The third-order valence-corrected chi connectivity index (χ3v) is 4.35. The van der Waals surface area contributed by atoms with E-state index in [4.69, 9.17) is 4.74 Å². The molecule has 1 aliphatic rings. The molecule has 30 heavy (non-hydrogen) atoms. The van der Waals surface area contributed by atoms with Crippen LogP contribution in [0.2, 0.25) is 0 Å². The lowest BCUT2D eigenvalue weighted by Gasteiger charge is -2.32. The Morgan fingerprint density at radius 2 is 1.77 bits per heavy atom. The molecule has 0 saturated carbocycles. The van der Waals surface area contributed by atoms with Crippen molar-refractivity contribution in [2.24, 2.45) is 0 Å². The Bertz CT molecular complexity index is 727. The van der Waals surface area contributed by atoms with Crippen LogP contribution in [0.4, 0.5) is 18.0 Å². The summed E-state index contributed by atoms with van der Waals surface area (Å²) in [6.07, 6.45) is -3.90. The average molecular weight is 431 g/mol. The Labute approximate surface area is 173 Å². The van der Waals surface area contributed by atoms with Crippen LogP contribution in [0.15, 0.2) is 24.3 Å². The molecule has 0 bridgehead atoms. The van der Waals surface area contributed by atoms with Crippen molar-refractivity contribution in [3.63, 3.8) is 0 Å². The van der Waals surface area contributed by atoms with Crippen LogP contribution in [0.1, 0.15) is 39.2 Å². The predicted molar refractivity (Wildman–Crippen MR) is 104 cm³/mol. The molecule has 1 aliphatic heterocycles. The maximum absolute atomic E-state index is 12.5. The molecule has 168 valence electrons. The fourth-order valence-corrected chi connectivity index (χ4v) is 3.04. The molecule has 0 aliphatic carbocycles. The fraction of sp³-hybridized carbons (Fsp3) is 0.600. The Kier molecular flexibility index (Phi) is 7.94. The lowest BCUT2D eigenvalue weighted by atomic mass is 10.1. The molecule has 1 heterocycles. The van der Waals surface area contributed by atoms with E-state index in [-0.39, 0.29) is 36.4 Å². The fourth-order valence-electron chi connectivity index (χ4n) is 3.04. The van der Waals surface area contributed by atoms with Gasteiger partial charge in [-0.25, -0.2) is 4.79 Å². The van der Waals surface area contributed by atoms with Crippen LogP contribution in [-0.4, -0.2) is 54.5 Å². The van der Waals surface area contributed by atoms with Crippen molar-refractivity contribution in [1.82, 2.24) is 15.5 Å². The van der Waals surface area contributed by atoms with Gasteiger partial charge in [-0.05, 0) is 39.7 Å². The van der Waals surface area contributed by atoms with Gasteiger partial charge in [0, 0.05) is 31.2 Å². The van der Waals surface area contributed by atoms with Crippen molar-refractivity contribution < 1.29 is 32.2 Å². The van der Waals surface area contributed by atoms with E-state index < -0.39 is 18.1 Å². The highest BCUT2D eigenvalue weighted by atomic mass is 19.4. The number of hydrogen-bond donors (Lipinski definition) is 2. The van der Waals surface area contributed by atoms with E-state index in [1.165, 1.54) is 18.2 Å². The number of benzene rings is 1. The largest absolute Gasteiger partial charge is 0.573 e. The van der Waals surface area contributed by atoms with E-state index in [0.29, 0.717) is 25.9 Å². The number of ether oxygens (including phenoxy) is 2. The molecule has 2 rings (SSSR count). The second kappa shape index (κ2) is 10.0. The quantitative estimate of drug-likeness (QED) is 0.723. The van der Waals surface area contributed by atoms with Crippen molar-refractivity contribution in [3.05, 3.63) is 29.8 Å². The van der Waals surface area contributed by atoms with Crippen LogP contribution >= 0.6 is 0 Å². The smallest absolute Gasteiger partial charge is 0.444 e. The molecule has 1 aromatic rings. The van der Waals surface area contributed by atoms with Crippen molar-refractivity contribution >= 4 is 12.0 Å². The van der Waals surface area contributed by atoms with Crippen molar-refractivity contribution in [2.75, 3.05) is 19.6 Å². The van der Waals surface area contributed by atoms with Crippen molar-refractivity contribution in [3.8, 4) is 5.75 Å². The van der Waals surface area contributed by atoms with E-state index in [9.17, 15) is 22.8 Å². The molecule has 7 nitrogen and oxygen atoms in total. The van der Waals surface area contributed by atoms with E-state index in [0.717, 1.165) is 0 Å². The molecule has 1 aromatic carbocycles. The van der Waals surface area contributed by atoms with Crippen LogP contribution in [0.5, 0.6) is 5.75 Å². The first-order chi connectivity index (χ1) is 13.9. The molecule has 2 N–H and O–H groups in total. The molecule has 0 spiro atoms. The number of alkyl carbamates (subject to hydrolysis) is 1. The minimum Gasteiger partial charge on any atom is -0.444 e. The van der Waals surface area contributed by atoms with E-state index >= 15 is 0 Å². The molecule has 0 aromatic heterocycles. The Balaban J connectivity index is 1.74. The van der Waals surface area contributed by atoms with E-state index in [1.54, 1.807) is 26.8 Å². The summed E-state index contributed by atoms with van der Waals surface area (Å²) in [4.78, 5) is 26.0. The summed E-state index contributed by atoms with van der Waals surface area (Å²) in [5, 5.41) is 5.45. The molecule has 1 fully saturated rings. The first kappa shape index (κ1) is 23.8. The highest BCUT2D eigenvalue weighted by Crippen LogP contribution is 2.26. The molecular weight excluding hydrogens is 403 g/mol. The monoisotopic (exact) mass is 431 g/mol. The van der Waals surface area contributed by atoms with Crippen LogP contribution in [-0.2, 0) is 16.1 Å². The number of carbonyl (C=O) groups excluding carboxylic acids is 2. The number of amides is 2. The minimum atomic E-state index is -4.79. The number of nitrogens with zero attached hydrogens (tertiary/aromatic N) is 1. The highest BCUT2D eigenvalue weighted by Gasteiger charge is 2.32. The number of nitrogens with one attached hydrogen (secondary N) is 2. The number of likely N-dealkylation sites (tertiary alicyclic amines) is 1. The Morgan fingerprint density at radius 3 is 2.37 bits per heavy atom. The summed E-state index contributed by atoms with van der Waals surface area (Å²) in [5.41, 5.74) is -0.324. The lowest BCUT2D eigenvalue weighted by Crippen LogP contribution is -2.48. The van der Waals surface area contributed by atoms with Crippen LogP contribution < -0.4 is 15.4 Å². The number of alkyl halides is 3. The number of piperidine rings is 1. The summed E-state index contributed by atoms with van der Waals surface area (Å²) in [6.45, 7) is 6.66. The molecule has 1 saturated heterocycles. The highest BCUT2D eigenvalue weighted by molar-refractivity contribution is 5.78. The summed E-state index contributed by atoms with van der Waals surface area (Å²) in [6, 6.07) is 5.66. The van der Waals surface area contributed by atoms with Gasteiger partial charge in [0.25, 0.3) is 0 Å². The third-order valence-electron chi connectivity index (χ3n) is 4.35. The normalized spacial score (nSPS) is 16.1. The summed E-state index contributed by atoms with van der Waals surface area (Å²) in [7, 11) is 0. The Morgan fingerprint density at radius 1 is 1.13 bits per heavy atom. The van der Waals surface area contributed by atoms with Gasteiger partial charge in [-0.1, -0.05) is 18.2 Å². The van der Waals surface area contributed by atoms with Gasteiger partial charge >= 0.3 is 12.5 Å². The second-order valence-electron chi connectivity index (χ2n) is 8.13. The molecular formula is C20H28F3N3O4. The van der Waals surface area contributed by atoms with Crippen LogP contribution in [0.25, 0.3) is 0 Å². The first-order valence-corrected chi connectivity index (χ1v) is 9.73. The minimum absolute atomic E-state index is 0.0226. The number of rotatable bonds is 6. The average Bonchev–Trinajstić information content (AvgIpc) is 2.60. The molecule has 0 atom stereocenters. The van der Waals surface area contributed by atoms with E-state index in [1.807, 2.05) is 4.90 Å². The SMILES string of the molecule is CC(C)(C)OC(=O)NC1CCN(CC(=O)NCc2ccccc2OC(F)(F)F)CC1. The summed E-state index contributed by atoms with van der Waals surface area (Å²) >= 11 is 0. The first-order valence-electron chi connectivity index (χ1n) is 9.73. The lowest BCUT2D eigenvalue weighted by molar-refractivity contribution is -0.274. The van der Waals surface area contributed by atoms with Gasteiger partial charge in [0.2, 0.25) is 5.91 Å². The number of hydrogen-bond acceptors (Lipinski definition) is 5. The zero-order chi connectivity index (χ0) is 22.4. The molecule has 0 radical (unpaired) electrons. The summed E-state index contributed by atoms with van der Waals surface area (Å²) < 4.78 is 46.6. The van der Waals surface area contributed by atoms with Crippen LogP contribution in [0.3, 0.4) is 0 Å². The molecule has 2 amide bonds. The topological polar surface area (TPSA) is 79.9 Å². The zero-order valence-electron chi connectivity index (χ0n) is 17.3. The van der Waals surface area contributed by atoms with Crippen molar-refractivity contribution in [1.29, 1.82) is 0 Å². The van der Waals surface area contributed by atoms with E-state index in [2.05, 4.69) is 15.4 Å². The third kappa shape index (κ3) is 8.89. The number of halogens is 3. The summed E-state index contributed by atoms with van der Waals surface area (Å²) in [5.74, 6) is -0.630. The maximum atomic E-state index is 12.5. The van der Waals surface area contributed by atoms with Gasteiger partial charge < -0.3 is 20.1 Å². The van der Waals surface area contributed by atoms with Gasteiger partial charge in [-0.15, -0.1) is 13.2 Å². The molecule has 0 unspecified atom stereocenters. The predicted octanol–water partition coefficient (Wildman–Crippen LogP) is 3.19. The standard InChI is InChI=1S/C20H28F3N3O4/c1-19(2,3)30-18(28)25-15-8-10-26(11-9-15)13-17(27)24-12-14-6-4-5-7-16(14)29-20(21,22)23/h4-7,15H,8-13H2,1-3H3,(H,24,27)(H,25,28). The van der Waals surface area contributed by atoms with Gasteiger partial charge in [0.05, 0.1) is 6.54 Å². The van der Waals surface area contributed by atoms with Crippen LogP contribution in [0, 0.1) is 0 Å². The van der Waals surface area contributed by atoms with Gasteiger partial charge in [0.1, 0.15) is 11.4 Å². The Hall–Kier alpha value is -2.49. The molecule has 10 heteroatoms. The second-order valence-corrected chi connectivity index (χ2v) is 8.13. The van der Waals surface area contributed by atoms with Crippen molar-refractivity contribution in [2.45, 2.75) is 58.2 Å². The van der Waals surface area contributed by atoms with Gasteiger partial charge in [-0.3, -0.25) is 9.69 Å². The van der Waals surface area contributed by atoms with Gasteiger partial charge in [-0.2, -0.15) is 0 Å². The maximum Gasteiger partial charge on any atom is 0.573 e. The number of para-hydroxylation sites is 1. The zero-order valence-corrected chi connectivity index (χ0v) is 17.3.